The summed E-state index contributed by atoms with van der Waals surface area (Å²) in [6.45, 7) is 4.46. The number of rotatable bonds is 7. The molecule has 3 aliphatic rings. The second-order valence-electron chi connectivity index (χ2n) is 9.60. The van der Waals surface area contributed by atoms with Gasteiger partial charge in [0, 0.05) is 30.6 Å². The number of nitrogens with zero attached hydrogens (tertiary/aromatic N) is 2. The second-order valence-corrected chi connectivity index (χ2v) is 13.9. The average molecular weight is 531 g/mol. The van der Waals surface area contributed by atoms with Crippen LogP contribution in [0.25, 0.3) is 0 Å². The number of Topliss-reactive ketones (excluding diaryl/α,β-unsaturated/α-hetero) is 1. The predicted molar refractivity (Wildman–Crippen MR) is 130 cm³/mol. The van der Waals surface area contributed by atoms with Crippen LogP contribution in [0.1, 0.15) is 51.5 Å². The minimum Gasteiger partial charge on any atom is -0.338 e. The van der Waals surface area contributed by atoms with Gasteiger partial charge >= 0.3 is 0 Å². The zero-order valence-corrected chi connectivity index (χ0v) is 21.9. The number of hydrogen-bond donors (Lipinski definition) is 2. The number of carbonyl (C=O) groups excluding carboxylic acids is 2. The summed E-state index contributed by atoms with van der Waals surface area (Å²) in [6, 6.07) is -0.143. The minimum absolute atomic E-state index is 0.125. The van der Waals surface area contributed by atoms with Gasteiger partial charge in [-0.2, -0.15) is 8.42 Å². The number of fused-ring (bicyclic) bond motifs is 2. The van der Waals surface area contributed by atoms with Crippen molar-refractivity contribution in [2.45, 2.75) is 63.4 Å². The van der Waals surface area contributed by atoms with E-state index in [-0.39, 0.29) is 45.6 Å². The molecule has 188 valence electrons. The van der Waals surface area contributed by atoms with Gasteiger partial charge in [-0.05, 0) is 30.6 Å². The maximum absolute atomic E-state index is 13.6. The van der Waals surface area contributed by atoms with E-state index in [0.29, 0.717) is 18.9 Å². The van der Waals surface area contributed by atoms with Gasteiger partial charge in [0.25, 0.3) is 10.0 Å². The highest BCUT2D eigenvalue weighted by molar-refractivity contribution is 7.91. The van der Waals surface area contributed by atoms with Crippen molar-refractivity contribution < 1.29 is 26.4 Å². The highest BCUT2D eigenvalue weighted by atomic mass is 32.2. The van der Waals surface area contributed by atoms with E-state index >= 15 is 0 Å². The topological polar surface area (TPSA) is 142 Å². The molecule has 10 nitrogen and oxygen atoms in total. The quantitative estimate of drug-likeness (QED) is 0.513. The van der Waals surface area contributed by atoms with Crippen molar-refractivity contribution in [2.24, 2.45) is 22.2 Å². The third-order valence-corrected chi connectivity index (χ3v) is 9.75. The summed E-state index contributed by atoms with van der Waals surface area (Å²) >= 11 is 1.07. The van der Waals surface area contributed by atoms with Crippen LogP contribution in [0, 0.1) is 17.8 Å². The first-order valence-electron chi connectivity index (χ1n) is 11.4. The Balaban J connectivity index is 1.67. The van der Waals surface area contributed by atoms with Crippen molar-refractivity contribution in [3.63, 3.8) is 0 Å². The van der Waals surface area contributed by atoms with Crippen LogP contribution in [-0.2, 0) is 36.2 Å². The number of piperidine rings is 1. The largest absolute Gasteiger partial charge is 0.338 e. The highest BCUT2D eigenvalue weighted by Gasteiger charge is 2.51. The third kappa shape index (κ3) is 4.93. The van der Waals surface area contributed by atoms with Gasteiger partial charge in [0.05, 0.1) is 6.26 Å². The molecular weight excluding hydrogens is 500 g/mol. The molecule has 2 fully saturated rings. The number of sulfonamides is 2. The standard InChI is InChI=1S/C21H30N4O6S3/c1-12(2)8-9-25-15-7-5-4-6-14(15)17(26)16(21(25)27)19-23-20-18(34(30,31)24-19)13(11-32-20)10-22-33(3,28)29/h11-12,14-16,22H,4-10H2,1-3H3,(H,23,24)/t14-,15+,16?/m0/s1. The summed E-state index contributed by atoms with van der Waals surface area (Å²) in [7, 11) is -7.76. The summed E-state index contributed by atoms with van der Waals surface area (Å²) in [5, 5.41) is 4.69. The van der Waals surface area contributed by atoms with Gasteiger partial charge in [-0.1, -0.05) is 26.7 Å². The van der Waals surface area contributed by atoms with Crippen LogP contribution in [0.2, 0.25) is 0 Å². The zero-order chi connectivity index (χ0) is 24.8. The average Bonchev–Trinajstić information content (AvgIpc) is 3.15. The predicted octanol–water partition coefficient (Wildman–Crippen LogP) is 1.94. The first-order chi connectivity index (χ1) is 15.9. The Hall–Kier alpha value is -1.83. The van der Waals surface area contributed by atoms with E-state index in [0.717, 1.165) is 43.3 Å². The van der Waals surface area contributed by atoms with E-state index in [1.54, 1.807) is 4.90 Å². The Labute approximate surface area is 204 Å². The van der Waals surface area contributed by atoms with Crippen LogP contribution < -0.4 is 10.0 Å². The number of nitrogens with one attached hydrogen (secondary N) is 2. The fraction of sp³-hybridized carbons (Fsp3) is 0.667. The number of anilines is 1. The molecule has 2 aliphatic heterocycles. The Bertz CT molecular complexity index is 1240. The summed E-state index contributed by atoms with van der Waals surface area (Å²) in [4.78, 5) is 28.7. The normalized spacial score (nSPS) is 26.6. The van der Waals surface area contributed by atoms with Crippen molar-refractivity contribution in [1.29, 1.82) is 0 Å². The van der Waals surface area contributed by atoms with Crippen molar-refractivity contribution in [3.05, 3.63) is 10.9 Å². The number of ketones is 1. The molecule has 1 saturated heterocycles. The molecule has 0 spiro atoms. The second kappa shape index (κ2) is 9.32. The summed E-state index contributed by atoms with van der Waals surface area (Å²) < 4.78 is 55.2. The maximum Gasteiger partial charge on any atom is 0.287 e. The Morgan fingerprint density at radius 3 is 2.65 bits per heavy atom. The maximum atomic E-state index is 13.6. The fourth-order valence-corrected chi connectivity index (χ4v) is 7.99. The lowest BCUT2D eigenvalue weighted by atomic mass is 9.73. The van der Waals surface area contributed by atoms with Crippen LogP contribution >= 0.6 is 11.3 Å². The first-order valence-corrected chi connectivity index (χ1v) is 15.6. The molecule has 1 unspecified atom stereocenters. The molecule has 2 N–H and O–H groups in total. The summed E-state index contributed by atoms with van der Waals surface area (Å²) in [5.41, 5.74) is 0.257. The van der Waals surface area contributed by atoms with E-state index in [4.69, 9.17) is 0 Å². The number of likely N-dealkylation sites (tertiary alicyclic amines) is 1. The van der Waals surface area contributed by atoms with Gasteiger partial charge in [0.1, 0.15) is 15.7 Å². The number of thiophene rings is 1. The first kappa shape index (κ1) is 25.3. The molecule has 0 aromatic carbocycles. The van der Waals surface area contributed by atoms with E-state index in [1.165, 1.54) is 5.38 Å². The molecule has 3 atom stereocenters. The van der Waals surface area contributed by atoms with Crippen LogP contribution in [0.4, 0.5) is 5.00 Å². The molecule has 0 radical (unpaired) electrons. The monoisotopic (exact) mass is 530 g/mol. The minimum atomic E-state index is -4.24. The molecule has 0 bridgehead atoms. The van der Waals surface area contributed by atoms with Gasteiger partial charge in [-0.25, -0.2) is 13.1 Å². The van der Waals surface area contributed by atoms with Gasteiger partial charge in [0.15, 0.2) is 11.7 Å². The van der Waals surface area contributed by atoms with Crippen molar-refractivity contribution in [2.75, 3.05) is 18.1 Å². The van der Waals surface area contributed by atoms with Gasteiger partial charge in [0.2, 0.25) is 15.9 Å². The molecule has 34 heavy (non-hydrogen) atoms. The van der Waals surface area contributed by atoms with Crippen LogP contribution in [0.15, 0.2) is 14.7 Å². The fourth-order valence-electron chi connectivity index (χ4n) is 4.93. The van der Waals surface area contributed by atoms with E-state index in [1.807, 2.05) is 0 Å². The number of carbonyl (C=O) groups is 2. The molecule has 1 aromatic rings. The lowest BCUT2D eigenvalue weighted by Crippen LogP contribution is -2.61. The van der Waals surface area contributed by atoms with Crippen molar-refractivity contribution >= 4 is 53.9 Å². The highest BCUT2D eigenvalue weighted by Crippen LogP contribution is 2.41. The Kier molecular flexibility index (Phi) is 6.93. The van der Waals surface area contributed by atoms with Crippen molar-refractivity contribution in [1.82, 2.24) is 9.62 Å². The van der Waals surface area contributed by atoms with Crippen LogP contribution in [-0.4, -0.2) is 58.1 Å². The molecule has 3 heterocycles. The zero-order valence-electron chi connectivity index (χ0n) is 19.4. The smallest absolute Gasteiger partial charge is 0.287 e. The van der Waals surface area contributed by atoms with E-state index in [9.17, 15) is 26.4 Å². The lowest BCUT2D eigenvalue weighted by molar-refractivity contribution is -0.152. The molecule has 1 aliphatic carbocycles. The van der Waals surface area contributed by atoms with Gasteiger partial charge < -0.3 is 10.2 Å². The molecule has 4 rings (SSSR count). The molecule has 1 amide bonds. The molecule has 1 aromatic heterocycles. The lowest BCUT2D eigenvalue weighted by Gasteiger charge is -2.46. The number of amides is 1. The number of amidine groups is 1. The van der Waals surface area contributed by atoms with Crippen molar-refractivity contribution in [3.8, 4) is 0 Å². The summed E-state index contributed by atoms with van der Waals surface area (Å²) in [6.07, 6.45) is 5.09. The molecule has 1 saturated carbocycles. The Morgan fingerprint density at radius 1 is 1.26 bits per heavy atom. The van der Waals surface area contributed by atoms with E-state index in [2.05, 4.69) is 28.3 Å². The Morgan fingerprint density at radius 2 is 1.97 bits per heavy atom. The van der Waals surface area contributed by atoms with Gasteiger partial charge in [-0.3, -0.25) is 9.59 Å². The van der Waals surface area contributed by atoms with Crippen LogP contribution in [0.5, 0.6) is 0 Å². The summed E-state index contributed by atoms with van der Waals surface area (Å²) in [5.74, 6) is -2.05. The SMILES string of the molecule is CC(C)CCN1C(=O)C(C2=NS(=O)(=O)c3c(CNS(C)(=O)=O)csc3N2)C(=O)[C@H]2CCCC[C@H]21. The third-order valence-electron chi connectivity index (χ3n) is 6.59. The van der Waals surface area contributed by atoms with Gasteiger partial charge in [-0.15, -0.1) is 15.7 Å². The van der Waals surface area contributed by atoms with E-state index < -0.39 is 31.9 Å². The molecule has 13 heteroatoms. The van der Waals surface area contributed by atoms with Crippen LogP contribution in [0.3, 0.4) is 0 Å². The molecular formula is C21H30N4O6S3. The number of hydrogen-bond acceptors (Lipinski definition) is 8.